The number of hydrogen-bond acceptors (Lipinski definition) is 2. The van der Waals surface area contributed by atoms with Crippen LogP contribution in [0, 0.1) is 5.92 Å². The van der Waals surface area contributed by atoms with Gasteiger partial charge in [-0.15, -0.1) is 0 Å². The van der Waals surface area contributed by atoms with Gasteiger partial charge in [-0.1, -0.05) is 24.8 Å². The third-order valence-electron chi connectivity index (χ3n) is 2.77. The molecule has 0 amide bonds. The molecule has 1 unspecified atom stereocenters. The molecule has 1 atom stereocenters. The van der Waals surface area contributed by atoms with Gasteiger partial charge >= 0.3 is 5.97 Å². The molecule has 0 aliphatic carbocycles. The predicted octanol–water partition coefficient (Wildman–Crippen LogP) is 2.43. The van der Waals surface area contributed by atoms with Crippen LogP contribution in [0.15, 0.2) is 37.1 Å². The Labute approximate surface area is 96.8 Å². The maximum absolute atomic E-state index is 10.9. The summed E-state index contributed by atoms with van der Waals surface area (Å²) in [7, 11) is 0. The Morgan fingerprint density at radius 3 is 2.75 bits per heavy atom. The van der Waals surface area contributed by atoms with Crippen molar-refractivity contribution >= 4 is 5.97 Å². The molecular weight excluding hydrogens is 202 g/mol. The van der Waals surface area contributed by atoms with Gasteiger partial charge in [-0.2, -0.15) is 0 Å². The van der Waals surface area contributed by atoms with Gasteiger partial charge in [0.2, 0.25) is 0 Å². The first-order chi connectivity index (χ1) is 7.74. The largest absolute Gasteiger partial charge is 0.481 e. The highest BCUT2D eigenvalue weighted by atomic mass is 16.4. The number of carbonyl (C=O) groups is 1. The summed E-state index contributed by atoms with van der Waals surface area (Å²) in [6.45, 7) is 5.37. The summed E-state index contributed by atoms with van der Waals surface area (Å²) in [5.41, 5.74) is 0. The number of aliphatic carboxylic acids is 1. The molecule has 0 aromatic heterocycles. The Morgan fingerprint density at radius 1 is 1.25 bits per heavy atom. The first kappa shape index (κ1) is 12.6. The fourth-order valence-electron chi connectivity index (χ4n) is 1.83. The number of carboxylic acids is 1. The normalized spacial score (nSPS) is 22.5. The minimum Gasteiger partial charge on any atom is -0.481 e. The number of rotatable bonds is 4. The minimum atomic E-state index is -0.655. The average molecular weight is 221 g/mol. The fourth-order valence-corrected chi connectivity index (χ4v) is 1.83. The van der Waals surface area contributed by atoms with Crippen molar-refractivity contribution in [1.82, 2.24) is 4.90 Å². The van der Waals surface area contributed by atoms with Crippen LogP contribution in [0.4, 0.5) is 0 Å². The van der Waals surface area contributed by atoms with E-state index in [1.165, 1.54) is 0 Å². The van der Waals surface area contributed by atoms with Crippen molar-refractivity contribution in [1.29, 1.82) is 0 Å². The highest BCUT2D eigenvalue weighted by Crippen LogP contribution is 2.17. The molecule has 3 nitrogen and oxygen atoms in total. The molecule has 1 saturated heterocycles. The molecule has 1 heterocycles. The highest BCUT2D eigenvalue weighted by Gasteiger charge is 2.20. The Kier molecular flexibility index (Phi) is 5.40. The maximum Gasteiger partial charge on any atom is 0.306 e. The van der Waals surface area contributed by atoms with Crippen molar-refractivity contribution in [3.05, 3.63) is 37.1 Å². The smallest absolute Gasteiger partial charge is 0.306 e. The number of carboxylic acid groups (broad SMARTS) is 1. The molecule has 0 saturated carbocycles. The zero-order valence-corrected chi connectivity index (χ0v) is 9.51. The molecule has 16 heavy (non-hydrogen) atoms. The molecule has 1 fully saturated rings. The molecule has 3 heteroatoms. The van der Waals surface area contributed by atoms with Crippen LogP contribution in [0.2, 0.25) is 0 Å². The summed E-state index contributed by atoms with van der Waals surface area (Å²) < 4.78 is 0. The Balaban J connectivity index is 2.41. The summed E-state index contributed by atoms with van der Waals surface area (Å²) in [5.74, 6) is -0.820. The number of nitrogens with zero attached hydrogens (tertiary/aromatic N) is 1. The van der Waals surface area contributed by atoms with Crippen molar-refractivity contribution in [3.8, 4) is 0 Å². The molecular formula is C13H19NO2. The van der Waals surface area contributed by atoms with Gasteiger partial charge in [-0.25, -0.2) is 0 Å². The van der Waals surface area contributed by atoms with E-state index in [0.29, 0.717) is 0 Å². The van der Waals surface area contributed by atoms with Crippen LogP contribution >= 0.6 is 0 Å². The van der Waals surface area contributed by atoms with E-state index in [4.69, 9.17) is 5.11 Å². The molecule has 88 valence electrons. The van der Waals surface area contributed by atoms with E-state index in [2.05, 4.69) is 11.5 Å². The quantitative estimate of drug-likeness (QED) is 0.741. The van der Waals surface area contributed by atoms with Gasteiger partial charge in [-0.3, -0.25) is 4.79 Å². The lowest BCUT2D eigenvalue weighted by Crippen LogP contribution is -2.19. The second-order valence-corrected chi connectivity index (χ2v) is 3.96. The Morgan fingerprint density at radius 2 is 2.06 bits per heavy atom. The van der Waals surface area contributed by atoms with E-state index in [0.717, 1.165) is 32.4 Å². The zero-order valence-electron chi connectivity index (χ0n) is 9.51. The SMILES string of the molecule is C=C/C=C\C=C\N1CCCC(C(=O)O)CC1. The average Bonchev–Trinajstić information content (AvgIpc) is 2.50. The third kappa shape index (κ3) is 4.34. The van der Waals surface area contributed by atoms with Gasteiger partial charge in [0, 0.05) is 13.1 Å². The zero-order chi connectivity index (χ0) is 11.8. The van der Waals surface area contributed by atoms with Crippen LogP contribution in [0.1, 0.15) is 19.3 Å². The first-order valence-corrected chi connectivity index (χ1v) is 5.67. The second kappa shape index (κ2) is 6.88. The van der Waals surface area contributed by atoms with Gasteiger partial charge in [-0.05, 0) is 31.5 Å². The monoisotopic (exact) mass is 221 g/mol. The van der Waals surface area contributed by atoms with Crippen LogP contribution in [0.25, 0.3) is 0 Å². The van der Waals surface area contributed by atoms with Crippen LogP contribution in [-0.2, 0) is 4.79 Å². The van der Waals surface area contributed by atoms with Crippen molar-refractivity contribution in [2.75, 3.05) is 13.1 Å². The lowest BCUT2D eigenvalue weighted by Gasteiger charge is -2.16. The number of hydrogen-bond donors (Lipinski definition) is 1. The summed E-state index contributed by atoms with van der Waals surface area (Å²) in [6.07, 6.45) is 12.0. The minimum absolute atomic E-state index is 0.165. The van der Waals surface area contributed by atoms with Crippen molar-refractivity contribution in [2.24, 2.45) is 5.92 Å². The van der Waals surface area contributed by atoms with Crippen LogP contribution < -0.4 is 0 Å². The summed E-state index contributed by atoms with van der Waals surface area (Å²) >= 11 is 0. The molecule has 1 rings (SSSR count). The summed E-state index contributed by atoms with van der Waals surface area (Å²) in [4.78, 5) is 13.0. The molecule has 1 aliphatic heterocycles. The van der Waals surface area contributed by atoms with E-state index in [-0.39, 0.29) is 5.92 Å². The molecule has 0 spiro atoms. The first-order valence-electron chi connectivity index (χ1n) is 5.67. The van der Waals surface area contributed by atoms with E-state index < -0.39 is 5.97 Å². The van der Waals surface area contributed by atoms with E-state index in [9.17, 15) is 4.79 Å². The molecule has 0 aromatic rings. The van der Waals surface area contributed by atoms with E-state index in [1.54, 1.807) is 6.08 Å². The van der Waals surface area contributed by atoms with E-state index in [1.807, 2.05) is 24.4 Å². The molecule has 1 N–H and O–H groups in total. The van der Waals surface area contributed by atoms with Crippen molar-refractivity contribution < 1.29 is 9.90 Å². The van der Waals surface area contributed by atoms with Gasteiger partial charge in [0.25, 0.3) is 0 Å². The van der Waals surface area contributed by atoms with Crippen LogP contribution in [0.5, 0.6) is 0 Å². The number of likely N-dealkylation sites (tertiary alicyclic amines) is 1. The maximum atomic E-state index is 10.9. The highest BCUT2D eigenvalue weighted by molar-refractivity contribution is 5.69. The number of allylic oxidation sites excluding steroid dienone is 4. The topological polar surface area (TPSA) is 40.5 Å². The van der Waals surface area contributed by atoms with Crippen molar-refractivity contribution in [3.63, 3.8) is 0 Å². The second-order valence-electron chi connectivity index (χ2n) is 3.96. The third-order valence-corrected chi connectivity index (χ3v) is 2.77. The standard InChI is InChI=1S/C13H19NO2/c1-2-3-4-5-9-14-10-6-7-12(8-11-14)13(15)16/h2-5,9,12H,1,6-8,10-11H2,(H,15,16)/b4-3-,9-5+. The van der Waals surface area contributed by atoms with Crippen LogP contribution in [-0.4, -0.2) is 29.1 Å². The molecule has 0 aromatic carbocycles. The van der Waals surface area contributed by atoms with Gasteiger partial charge < -0.3 is 10.0 Å². The van der Waals surface area contributed by atoms with Gasteiger partial charge in [0.05, 0.1) is 5.92 Å². The summed E-state index contributed by atoms with van der Waals surface area (Å²) in [5, 5.41) is 8.94. The molecule has 0 bridgehead atoms. The predicted molar refractivity (Wildman–Crippen MR) is 65.0 cm³/mol. The van der Waals surface area contributed by atoms with Crippen LogP contribution in [0.3, 0.4) is 0 Å². The van der Waals surface area contributed by atoms with Crippen molar-refractivity contribution in [2.45, 2.75) is 19.3 Å². The van der Waals surface area contributed by atoms with Gasteiger partial charge in [0.15, 0.2) is 0 Å². The van der Waals surface area contributed by atoms with E-state index >= 15 is 0 Å². The Bertz CT molecular complexity index is 294. The molecule has 0 radical (unpaired) electrons. The lowest BCUT2D eigenvalue weighted by molar-refractivity contribution is -0.142. The fraction of sp³-hybridized carbons (Fsp3) is 0.462. The Hall–Kier alpha value is -1.51. The molecule has 1 aliphatic rings. The van der Waals surface area contributed by atoms with Gasteiger partial charge in [0.1, 0.15) is 0 Å². The lowest BCUT2D eigenvalue weighted by atomic mass is 10.0. The summed E-state index contributed by atoms with van der Waals surface area (Å²) in [6, 6.07) is 0.